The Labute approximate surface area is 157 Å². The summed E-state index contributed by atoms with van der Waals surface area (Å²) in [6.07, 6.45) is 3.61. The van der Waals surface area contributed by atoms with Crippen LogP contribution in [0.2, 0.25) is 0 Å². The second kappa shape index (κ2) is 6.62. The Morgan fingerprint density at radius 2 is 2.00 bits per heavy atom. The van der Waals surface area contributed by atoms with Crippen LogP contribution in [0.1, 0.15) is 11.3 Å². The van der Waals surface area contributed by atoms with Gasteiger partial charge in [-0.1, -0.05) is 12.1 Å². The molecule has 0 radical (unpaired) electrons. The molecule has 1 fully saturated rings. The highest BCUT2D eigenvalue weighted by Gasteiger charge is 2.33. The normalized spacial score (nSPS) is 19.1. The minimum atomic E-state index is 0.384. The average molecular weight is 357 g/mol. The smallest absolute Gasteiger partial charge is 0.101 e. The molecule has 1 saturated heterocycles. The summed E-state index contributed by atoms with van der Waals surface area (Å²) >= 11 is 0. The second-order valence-electron chi connectivity index (χ2n) is 7.07. The van der Waals surface area contributed by atoms with E-state index in [-0.39, 0.29) is 0 Å². The number of hydrogen-bond acceptors (Lipinski definition) is 5. The predicted molar refractivity (Wildman–Crippen MR) is 101 cm³/mol. The average Bonchev–Trinajstić information content (AvgIpc) is 3.06. The molecule has 1 atom stereocenters. The third-order valence-corrected chi connectivity index (χ3v) is 5.43. The van der Waals surface area contributed by atoms with Crippen molar-refractivity contribution < 1.29 is 4.74 Å². The van der Waals surface area contributed by atoms with Crippen LogP contribution < -0.4 is 5.32 Å². The largest absolute Gasteiger partial charge is 0.381 e. The fourth-order valence-electron chi connectivity index (χ4n) is 3.87. The molecule has 0 saturated carbocycles. The Kier molecular flexibility index (Phi) is 3.97. The molecular weight excluding hydrogens is 338 g/mol. The number of nitrogens with one attached hydrogen (secondary N) is 1. The van der Waals surface area contributed by atoms with Gasteiger partial charge >= 0.3 is 0 Å². The van der Waals surface area contributed by atoms with Gasteiger partial charge in [0.25, 0.3) is 0 Å². The van der Waals surface area contributed by atoms with E-state index in [1.807, 2.05) is 36.4 Å². The molecule has 5 rings (SSSR count). The van der Waals surface area contributed by atoms with Crippen LogP contribution in [0.5, 0.6) is 0 Å². The predicted octanol–water partition coefficient (Wildman–Crippen LogP) is 2.60. The van der Waals surface area contributed by atoms with Gasteiger partial charge in [-0.3, -0.25) is 9.67 Å². The zero-order valence-electron chi connectivity index (χ0n) is 14.8. The van der Waals surface area contributed by atoms with Crippen molar-refractivity contribution in [3.8, 4) is 28.5 Å². The van der Waals surface area contributed by atoms with Gasteiger partial charge in [-0.15, -0.1) is 0 Å². The first kappa shape index (κ1) is 16.2. The molecule has 4 heterocycles. The van der Waals surface area contributed by atoms with Gasteiger partial charge in [0.2, 0.25) is 0 Å². The summed E-state index contributed by atoms with van der Waals surface area (Å²) in [6.45, 7) is 3.24. The number of ether oxygens (including phenoxy) is 1. The minimum Gasteiger partial charge on any atom is -0.381 e. The Balaban J connectivity index is 1.64. The zero-order chi connectivity index (χ0) is 18.2. The number of hydrogen-bond donors (Lipinski definition) is 1. The van der Waals surface area contributed by atoms with E-state index in [1.54, 1.807) is 12.4 Å². The van der Waals surface area contributed by atoms with E-state index in [0.29, 0.717) is 17.5 Å². The standard InChI is InChI=1S/C21H19N5O/c22-9-14-2-1-3-16(8-14)21-20(15-4-6-23-7-5-15)19-10-24-18(11-26(19)25-21)17-12-27-13-17/h1-8,17-18,24H,10-13H2. The van der Waals surface area contributed by atoms with Crippen molar-refractivity contribution in [1.29, 1.82) is 5.26 Å². The van der Waals surface area contributed by atoms with Crippen molar-refractivity contribution in [2.45, 2.75) is 19.1 Å². The van der Waals surface area contributed by atoms with E-state index in [1.165, 1.54) is 5.69 Å². The summed E-state index contributed by atoms with van der Waals surface area (Å²) in [7, 11) is 0. The minimum absolute atomic E-state index is 0.384. The van der Waals surface area contributed by atoms with E-state index in [2.05, 4.69) is 21.1 Å². The van der Waals surface area contributed by atoms with Crippen molar-refractivity contribution in [3.63, 3.8) is 0 Å². The lowest BCUT2D eigenvalue weighted by Gasteiger charge is -2.37. The van der Waals surface area contributed by atoms with Crippen LogP contribution in [0, 0.1) is 17.2 Å². The molecule has 1 N–H and O–H groups in total. The maximum atomic E-state index is 9.28. The van der Waals surface area contributed by atoms with Crippen LogP contribution in [0.15, 0.2) is 48.8 Å². The number of rotatable bonds is 3. The Hall–Kier alpha value is -3.01. The van der Waals surface area contributed by atoms with Crippen LogP contribution in [-0.4, -0.2) is 34.0 Å². The monoisotopic (exact) mass is 357 g/mol. The maximum absolute atomic E-state index is 9.28. The quantitative estimate of drug-likeness (QED) is 0.780. The summed E-state index contributed by atoms with van der Waals surface area (Å²) in [5.74, 6) is 0.553. The number of nitrogens with zero attached hydrogens (tertiary/aromatic N) is 4. The van der Waals surface area contributed by atoms with Crippen molar-refractivity contribution >= 4 is 0 Å². The fraction of sp³-hybridized carbons (Fsp3) is 0.286. The van der Waals surface area contributed by atoms with E-state index in [9.17, 15) is 5.26 Å². The number of aromatic nitrogens is 3. The van der Waals surface area contributed by atoms with Gasteiger partial charge in [0.1, 0.15) is 5.69 Å². The van der Waals surface area contributed by atoms with Gasteiger partial charge in [0.05, 0.1) is 37.1 Å². The van der Waals surface area contributed by atoms with Gasteiger partial charge in [-0.25, -0.2) is 0 Å². The summed E-state index contributed by atoms with van der Waals surface area (Å²) in [5, 5.41) is 17.9. The highest BCUT2D eigenvalue weighted by atomic mass is 16.5. The summed E-state index contributed by atoms with van der Waals surface area (Å²) in [4.78, 5) is 4.15. The molecule has 1 unspecified atom stereocenters. The highest BCUT2D eigenvalue weighted by molar-refractivity contribution is 5.83. The van der Waals surface area contributed by atoms with Crippen LogP contribution in [0.3, 0.4) is 0 Å². The van der Waals surface area contributed by atoms with Crippen LogP contribution >= 0.6 is 0 Å². The molecule has 2 aromatic heterocycles. The molecule has 134 valence electrons. The molecule has 3 aromatic rings. The maximum Gasteiger partial charge on any atom is 0.101 e. The van der Waals surface area contributed by atoms with E-state index in [4.69, 9.17) is 9.84 Å². The van der Waals surface area contributed by atoms with Gasteiger partial charge in [0.15, 0.2) is 0 Å². The lowest BCUT2D eigenvalue weighted by Crippen LogP contribution is -2.51. The number of fused-ring (bicyclic) bond motifs is 1. The number of nitriles is 1. The van der Waals surface area contributed by atoms with Crippen molar-refractivity contribution in [2.75, 3.05) is 13.2 Å². The molecule has 6 heteroatoms. The molecule has 2 aliphatic rings. The molecule has 0 amide bonds. The Morgan fingerprint density at radius 1 is 1.15 bits per heavy atom. The number of benzene rings is 1. The Morgan fingerprint density at radius 3 is 2.74 bits per heavy atom. The van der Waals surface area contributed by atoms with E-state index < -0.39 is 0 Å². The lowest BCUT2D eigenvalue weighted by molar-refractivity contribution is -0.0550. The lowest BCUT2D eigenvalue weighted by atomic mass is 9.94. The highest BCUT2D eigenvalue weighted by Crippen LogP contribution is 2.36. The summed E-state index contributed by atoms with van der Waals surface area (Å²) in [6, 6.07) is 14.3. The van der Waals surface area contributed by atoms with Crippen LogP contribution in [0.25, 0.3) is 22.4 Å². The van der Waals surface area contributed by atoms with E-state index in [0.717, 1.165) is 48.7 Å². The van der Waals surface area contributed by atoms with Crippen molar-refractivity contribution in [1.82, 2.24) is 20.1 Å². The van der Waals surface area contributed by atoms with Crippen LogP contribution in [0.4, 0.5) is 0 Å². The fourth-order valence-corrected chi connectivity index (χ4v) is 3.87. The van der Waals surface area contributed by atoms with Crippen molar-refractivity contribution in [2.24, 2.45) is 5.92 Å². The molecule has 1 aromatic carbocycles. The third-order valence-electron chi connectivity index (χ3n) is 5.43. The third kappa shape index (κ3) is 2.81. The molecule has 27 heavy (non-hydrogen) atoms. The topological polar surface area (TPSA) is 75.8 Å². The second-order valence-corrected chi connectivity index (χ2v) is 7.07. The van der Waals surface area contributed by atoms with Gasteiger partial charge in [-0.2, -0.15) is 10.4 Å². The summed E-state index contributed by atoms with van der Waals surface area (Å²) < 4.78 is 7.49. The van der Waals surface area contributed by atoms with E-state index >= 15 is 0 Å². The molecule has 0 aliphatic carbocycles. The van der Waals surface area contributed by atoms with Crippen LogP contribution in [-0.2, 0) is 17.8 Å². The molecule has 0 spiro atoms. The molecule has 2 aliphatic heterocycles. The first-order chi connectivity index (χ1) is 13.3. The molecule has 0 bridgehead atoms. The summed E-state index contributed by atoms with van der Waals surface area (Å²) in [5.41, 5.74) is 5.91. The van der Waals surface area contributed by atoms with Gasteiger partial charge < -0.3 is 10.1 Å². The first-order valence-corrected chi connectivity index (χ1v) is 9.15. The first-order valence-electron chi connectivity index (χ1n) is 9.15. The van der Waals surface area contributed by atoms with Gasteiger partial charge in [-0.05, 0) is 29.8 Å². The molecular formula is C21H19N5O. The Bertz CT molecular complexity index is 1020. The van der Waals surface area contributed by atoms with Crippen molar-refractivity contribution in [3.05, 3.63) is 60.0 Å². The van der Waals surface area contributed by atoms with Gasteiger partial charge in [0, 0.05) is 42.0 Å². The number of pyridine rings is 1. The molecule has 6 nitrogen and oxygen atoms in total. The SMILES string of the molecule is N#Cc1cccc(-c2nn3c(c2-c2ccncc2)CNC(C2COC2)C3)c1. The zero-order valence-corrected chi connectivity index (χ0v) is 14.8.